The van der Waals surface area contributed by atoms with Crippen molar-refractivity contribution in [3.63, 3.8) is 0 Å². The molecular weight excluding hydrogens is 120 g/mol. The van der Waals surface area contributed by atoms with Crippen molar-refractivity contribution in [3.05, 3.63) is 12.3 Å². The van der Waals surface area contributed by atoms with Crippen LogP contribution < -0.4 is 10.6 Å². The van der Waals surface area contributed by atoms with E-state index in [1.54, 1.807) is 7.05 Å². The lowest BCUT2D eigenvalue weighted by Gasteiger charge is -1.92. The Bertz CT molecular complexity index is 112. The Balaban J connectivity index is 3.37. The monoisotopic (exact) mass is 130 g/mol. The van der Waals surface area contributed by atoms with Crippen molar-refractivity contribution < 1.29 is 9.90 Å². The number of aliphatic hydroxyl groups is 1. The lowest BCUT2D eigenvalue weighted by atomic mass is 10.6. The third-order valence-corrected chi connectivity index (χ3v) is 0.655. The standard InChI is InChI=1S/C5H10N2O2/c1-6-3-2-5(9)7-4-8/h2-3,6,8H,4H2,1H3,(H,7,9)/b3-2-. The number of rotatable bonds is 3. The van der Waals surface area contributed by atoms with E-state index in [9.17, 15) is 4.79 Å². The topological polar surface area (TPSA) is 61.4 Å². The number of aliphatic hydroxyl groups excluding tert-OH is 1. The maximum absolute atomic E-state index is 10.4. The van der Waals surface area contributed by atoms with E-state index in [-0.39, 0.29) is 12.6 Å². The fraction of sp³-hybridized carbons (Fsp3) is 0.400. The van der Waals surface area contributed by atoms with Crippen LogP contribution in [0.2, 0.25) is 0 Å². The number of hydrogen-bond acceptors (Lipinski definition) is 3. The fourth-order valence-corrected chi connectivity index (χ4v) is 0.296. The molecule has 3 N–H and O–H groups in total. The van der Waals surface area contributed by atoms with Gasteiger partial charge in [0.25, 0.3) is 0 Å². The minimum atomic E-state index is -0.327. The van der Waals surface area contributed by atoms with Gasteiger partial charge in [-0.2, -0.15) is 0 Å². The van der Waals surface area contributed by atoms with E-state index in [2.05, 4.69) is 10.6 Å². The first kappa shape index (κ1) is 7.97. The molecule has 4 heteroatoms. The maximum atomic E-state index is 10.4. The van der Waals surface area contributed by atoms with Gasteiger partial charge in [0, 0.05) is 19.3 Å². The number of hydrogen-bond donors (Lipinski definition) is 3. The zero-order chi connectivity index (χ0) is 7.11. The molecule has 0 fully saturated rings. The Labute approximate surface area is 53.6 Å². The van der Waals surface area contributed by atoms with Gasteiger partial charge in [0.2, 0.25) is 5.91 Å². The van der Waals surface area contributed by atoms with Gasteiger partial charge in [0.1, 0.15) is 6.73 Å². The molecule has 0 unspecified atom stereocenters. The third-order valence-electron chi connectivity index (χ3n) is 0.655. The summed E-state index contributed by atoms with van der Waals surface area (Å²) in [6, 6.07) is 0. The van der Waals surface area contributed by atoms with Crippen LogP contribution in [0, 0.1) is 0 Å². The van der Waals surface area contributed by atoms with Crippen molar-refractivity contribution in [2.75, 3.05) is 13.8 Å². The predicted molar refractivity (Wildman–Crippen MR) is 33.4 cm³/mol. The molecule has 0 aliphatic heterocycles. The van der Waals surface area contributed by atoms with Crippen LogP contribution in [0.3, 0.4) is 0 Å². The van der Waals surface area contributed by atoms with Crippen LogP contribution in [0.1, 0.15) is 0 Å². The van der Waals surface area contributed by atoms with Crippen LogP contribution in [0.25, 0.3) is 0 Å². The molecule has 4 nitrogen and oxygen atoms in total. The van der Waals surface area contributed by atoms with Crippen molar-refractivity contribution in [3.8, 4) is 0 Å². The molecule has 0 spiro atoms. The molecule has 0 aliphatic rings. The van der Waals surface area contributed by atoms with Crippen molar-refractivity contribution in [1.82, 2.24) is 10.6 Å². The van der Waals surface area contributed by atoms with Gasteiger partial charge in [-0.05, 0) is 0 Å². The molecule has 0 heterocycles. The first-order valence-corrected chi connectivity index (χ1v) is 2.53. The van der Waals surface area contributed by atoms with E-state index in [1.165, 1.54) is 12.3 Å². The summed E-state index contributed by atoms with van der Waals surface area (Å²) in [6.45, 7) is -0.327. The van der Waals surface area contributed by atoms with E-state index in [0.717, 1.165) is 0 Å². The van der Waals surface area contributed by atoms with Gasteiger partial charge in [0.15, 0.2) is 0 Å². The van der Waals surface area contributed by atoms with E-state index in [1.807, 2.05) is 0 Å². The second kappa shape index (κ2) is 5.11. The predicted octanol–water partition coefficient (Wildman–Crippen LogP) is -1.21. The average molecular weight is 130 g/mol. The summed E-state index contributed by atoms with van der Waals surface area (Å²) in [4.78, 5) is 10.4. The fourth-order valence-electron chi connectivity index (χ4n) is 0.296. The van der Waals surface area contributed by atoms with Gasteiger partial charge in [0.05, 0.1) is 0 Å². The van der Waals surface area contributed by atoms with Gasteiger partial charge in [-0.25, -0.2) is 0 Å². The molecular formula is C5H10N2O2. The summed E-state index contributed by atoms with van der Waals surface area (Å²) < 4.78 is 0. The summed E-state index contributed by atoms with van der Waals surface area (Å²) >= 11 is 0. The molecule has 1 amide bonds. The normalized spacial score (nSPS) is 9.56. The summed E-state index contributed by atoms with van der Waals surface area (Å²) in [6.07, 6.45) is 2.77. The van der Waals surface area contributed by atoms with Crippen molar-refractivity contribution in [2.45, 2.75) is 0 Å². The maximum Gasteiger partial charge on any atom is 0.247 e. The highest BCUT2D eigenvalue weighted by molar-refractivity contribution is 5.87. The van der Waals surface area contributed by atoms with Gasteiger partial charge >= 0.3 is 0 Å². The summed E-state index contributed by atoms with van der Waals surface area (Å²) in [5.74, 6) is -0.313. The molecule has 9 heavy (non-hydrogen) atoms. The lowest BCUT2D eigenvalue weighted by Crippen LogP contribution is -2.21. The Morgan fingerprint density at radius 1 is 1.78 bits per heavy atom. The highest BCUT2D eigenvalue weighted by Gasteiger charge is 1.87. The van der Waals surface area contributed by atoms with Gasteiger partial charge in [-0.1, -0.05) is 0 Å². The smallest absolute Gasteiger partial charge is 0.247 e. The highest BCUT2D eigenvalue weighted by Crippen LogP contribution is 1.66. The quantitative estimate of drug-likeness (QED) is 0.331. The molecule has 0 aliphatic carbocycles. The zero-order valence-electron chi connectivity index (χ0n) is 5.22. The van der Waals surface area contributed by atoms with Crippen LogP contribution in [-0.2, 0) is 4.79 Å². The van der Waals surface area contributed by atoms with Crippen molar-refractivity contribution in [2.24, 2.45) is 0 Å². The van der Waals surface area contributed by atoms with Gasteiger partial charge in [-0.15, -0.1) is 0 Å². The molecule has 0 radical (unpaired) electrons. The average Bonchev–Trinajstić information content (AvgIpc) is 1.85. The lowest BCUT2D eigenvalue weighted by molar-refractivity contribution is -0.117. The number of amides is 1. The van der Waals surface area contributed by atoms with E-state index >= 15 is 0 Å². The second-order valence-corrected chi connectivity index (χ2v) is 1.32. The molecule has 0 aromatic carbocycles. The van der Waals surface area contributed by atoms with Crippen LogP contribution in [0.5, 0.6) is 0 Å². The molecule has 0 rings (SSSR count). The van der Waals surface area contributed by atoms with Crippen LogP contribution in [-0.4, -0.2) is 24.8 Å². The van der Waals surface area contributed by atoms with Gasteiger partial charge < -0.3 is 15.7 Å². The number of carbonyl (C=O) groups is 1. The Hall–Kier alpha value is -1.03. The first-order chi connectivity index (χ1) is 4.31. The summed E-state index contributed by atoms with van der Waals surface area (Å²) in [7, 11) is 1.68. The van der Waals surface area contributed by atoms with E-state index in [4.69, 9.17) is 5.11 Å². The summed E-state index contributed by atoms with van der Waals surface area (Å²) in [5, 5.41) is 13.0. The molecule has 0 bridgehead atoms. The van der Waals surface area contributed by atoms with Crippen LogP contribution >= 0.6 is 0 Å². The Morgan fingerprint density at radius 2 is 2.44 bits per heavy atom. The Morgan fingerprint density at radius 3 is 2.89 bits per heavy atom. The summed E-state index contributed by atoms with van der Waals surface area (Å²) in [5.41, 5.74) is 0. The second-order valence-electron chi connectivity index (χ2n) is 1.32. The Kier molecular flexibility index (Phi) is 4.53. The zero-order valence-corrected chi connectivity index (χ0v) is 5.22. The molecule has 0 aromatic heterocycles. The SMILES string of the molecule is CN/C=C\C(=O)NCO. The molecule has 0 saturated heterocycles. The van der Waals surface area contributed by atoms with E-state index in [0.29, 0.717) is 0 Å². The van der Waals surface area contributed by atoms with Crippen LogP contribution in [0.4, 0.5) is 0 Å². The first-order valence-electron chi connectivity index (χ1n) is 2.53. The van der Waals surface area contributed by atoms with E-state index < -0.39 is 0 Å². The van der Waals surface area contributed by atoms with Crippen LogP contribution in [0.15, 0.2) is 12.3 Å². The largest absolute Gasteiger partial charge is 0.394 e. The molecule has 0 aromatic rings. The van der Waals surface area contributed by atoms with Crippen molar-refractivity contribution in [1.29, 1.82) is 0 Å². The molecule has 0 saturated carbocycles. The number of carbonyl (C=O) groups excluding carboxylic acids is 1. The highest BCUT2D eigenvalue weighted by atomic mass is 16.3. The molecule has 52 valence electrons. The van der Waals surface area contributed by atoms with Gasteiger partial charge in [-0.3, -0.25) is 4.79 Å². The van der Waals surface area contributed by atoms with Crippen molar-refractivity contribution >= 4 is 5.91 Å². The third kappa shape index (κ3) is 4.83. The minimum Gasteiger partial charge on any atom is -0.394 e. The minimum absolute atomic E-state index is 0.313. The molecule has 0 atom stereocenters. The number of nitrogens with one attached hydrogen (secondary N) is 2.